The van der Waals surface area contributed by atoms with Gasteiger partial charge in [-0.1, -0.05) is 220 Å². The molecule has 0 saturated heterocycles. The third kappa shape index (κ3) is 7.44. The van der Waals surface area contributed by atoms with Gasteiger partial charge >= 0.3 is 0 Å². The summed E-state index contributed by atoms with van der Waals surface area (Å²) < 4.78 is 0. The van der Waals surface area contributed by atoms with Crippen molar-refractivity contribution in [2.24, 2.45) is 0 Å². The Balaban J connectivity index is 1.18. The molecule has 71 heavy (non-hydrogen) atoms. The van der Waals surface area contributed by atoms with Gasteiger partial charge in [0.15, 0.2) is 0 Å². The first-order valence-electron chi connectivity index (χ1n) is 25.1. The summed E-state index contributed by atoms with van der Waals surface area (Å²) in [4.78, 5) is 4.91. The van der Waals surface area contributed by atoms with E-state index >= 15 is 0 Å². The normalized spacial score (nSPS) is 13.0. The maximum atomic E-state index is 2.52. The molecule has 0 aromatic heterocycles. The molecular formula is C67H58N2Si2. The molecule has 344 valence electrons. The predicted octanol–water partition coefficient (Wildman–Crippen LogP) is 17.5. The number of hydrogen-bond acceptors (Lipinski definition) is 2. The first-order valence-corrected chi connectivity index (χ1v) is 32.1. The number of anilines is 6. The van der Waals surface area contributed by atoms with Crippen LogP contribution in [0, 0.1) is 0 Å². The number of fused-ring (bicyclic) bond motifs is 6. The molecule has 0 N–H and O–H groups in total. The SMILES string of the molecule is C[Si](C)(C)c1ccc(N(c2ccccc2)c2ccc3c(c2)C(c2ccccc2)(c2ccccc2)c2cccc4c2c-3cc2c3ccccc3c(N(c3ccccc3)c3ccc([Si](C)(C)C)cc3)cc42)cc1. The van der Waals surface area contributed by atoms with Gasteiger partial charge in [-0.3, -0.25) is 0 Å². The van der Waals surface area contributed by atoms with E-state index in [1.165, 1.54) is 76.1 Å². The van der Waals surface area contributed by atoms with Crippen molar-refractivity contribution in [1.29, 1.82) is 0 Å². The molecule has 2 nitrogen and oxygen atoms in total. The van der Waals surface area contributed by atoms with Crippen LogP contribution in [0.4, 0.5) is 34.1 Å². The van der Waals surface area contributed by atoms with E-state index in [9.17, 15) is 0 Å². The number of benzene rings is 11. The summed E-state index contributed by atoms with van der Waals surface area (Å²) in [6.07, 6.45) is 0. The number of hydrogen-bond donors (Lipinski definition) is 0. The van der Waals surface area contributed by atoms with Gasteiger partial charge in [0.25, 0.3) is 0 Å². The Labute approximate surface area is 421 Å². The molecule has 0 saturated carbocycles. The summed E-state index contributed by atoms with van der Waals surface area (Å²) in [7, 11) is -3.05. The zero-order valence-corrected chi connectivity index (χ0v) is 43.5. The molecule has 0 fully saturated rings. The smallest absolute Gasteiger partial charge is 0.0775 e. The highest BCUT2D eigenvalue weighted by molar-refractivity contribution is 6.89. The second-order valence-electron chi connectivity index (χ2n) is 21.3. The van der Waals surface area contributed by atoms with Crippen LogP contribution in [-0.2, 0) is 5.41 Å². The number of rotatable bonds is 10. The van der Waals surface area contributed by atoms with E-state index in [0.717, 1.165) is 34.1 Å². The van der Waals surface area contributed by atoms with E-state index in [-0.39, 0.29) is 0 Å². The molecule has 0 amide bonds. The summed E-state index contributed by atoms with van der Waals surface area (Å²) >= 11 is 0. The van der Waals surface area contributed by atoms with E-state index in [1.807, 2.05) is 0 Å². The summed E-state index contributed by atoms with van der Waals surface area (Å²) in [5.41, 5.74) is 13.7. The predicted molar refractivity (Wildman–Crippen MR) is 312 cm³/mol. The minimum absolute atomic E-state index is 0.661. The van der Waals surface area contributed by atoms with E-state index in [1.54, 1.807) is 0 Å². The molecule has 0 atom stereocenters. The maximum absolute atomic E-state index is 2.52. The average molecular weight is 947 g/mol. The summed E-state index contributed by atoms with van der Waals surface area (Å²) in [6.45, 7) is 14.5. The topological polar surface area (TPSA) is 6.48 Å². The first kappa shape index (κ1) is 44.4. The molecule has 4 heteroatoms. The second kappa shape index (κ2) is 17.3. The van der Waals surface area contributed by atoms with Gasteiger partial charge in [0, 0.05) is 33.8 Å². The quantitative estimate of drug-likeness (QED) is 0.0996. The lowest BCUT2D eigenvalue weighted by Gasteiger charge is -2.43. The zero-order valence-electron chi connectivity index (χ0n) is 41.5. The van der Waals surface area contributed by atoms with Gasteiger partial charge in [-0.15, -0.1) is 0 Å². The van der Waals surface area contributed by atoms with E-state index < -0.39 is 21.6 Å². The molecule has 0 aliphatic heterocycles. The van der Waals surface area contributed by atoms with Gasteiger partial charge in [-0.05, 0) is 133 Å². The summed E-state index contributed by atoms with van der Waals surface area (Å²) in [5, 5.41) is 10.4. The van der Waals surface area contributed by atoms with Crippen LogP contribution in [0.1, 0.15) is 22.3 Å². The highest BCUT2D eigenvalue weighted by atomic mass is 28.3. The van der Waals surface area contributed by atoms with Crippen molar-refractivity contribution in [3.8, 4) is 11.1 Å². The van der Waals surface area contributed by atoms with Crippen LogP contribution >= 0.6 is 0 Å². The third-order valence-corrected chi connectivity index (χ3v) is 19.1. The lowest BCUT2D eigenvalue weighted by atomic mass is 9.59. The Morgan fingerprint density at radius 2 is 0.732 bits per heavy atom. The fourth-order valence-electron chi connectivity index (χ4n) is 11.5. The molecular weight excluding hydrogens is 889 g/mol. The van der Waals surface area contributed by atoms with Crippen molar-refractivity contribution in [2.45, 2.75) is 44.7 Å². The highest BCUT2D eigenvalue weighted by Gasteiger charge is 2.45. The van der Waals surface area contributed by atoms with Crippen LogP contribution in [0.15, 0.2) is 243 Å². The Hall–Kier alpha value is -7.77. The van der Waals surface area contributed by atoms with Gasteiger partial charge < -0.3 is 9.80 Å². The van der Waals surface area contributed by atoms with Crippen molar-refractivity contribution >= 4 is 93.0 Å². The fraction of sp³-hybridized carbons (Fsp3) is 0.104. The van der Waals surface area contributed by atoms with Gasteiger partial charge in [-0.25, -0.2) is 0 Å². The van der Waals surface area contributed by atoms with Crippen molar-refractivity contribution in [2.75, 3.05) is 9.80 Å². The molecule has 0 bridgehead atoms. The van der Waals surface area contributed by atoms with Crippen LogP contribution in [0.2, 0.25) is 39.3 Å². The number of nitrogens with zero attached hydrogens (tertiary/aromatic N) is 2. The molecule has 0 heterocycles. The zero-order chi connectivity index (χ0) is 48.5. The molecule has 12 rings (SSSR count). The molecule has 11 aromatic rings. The summed E-state index contributed by atoms with van der Waals surface area (Å²) in [6, 6.07) is 91.5. The van der Waals surface area contributed by atoms with Crippen LogP contribution in [0.3, 0.4) is 0 Å². The first-order chi connectivity index (χ1) is 34.5. The molecule has 0 radical (unpaired) electrons. The minimum atomic E-state index is -1.52. The van der Waals surface area contributed by atoms with Crippen LogP contribution in [0.25, 0.3) is 43.4 Å². The largest absolute Gasteiger partial charge is 0.310 e. The average Bonchev–Trinajstić information content (AvgIpc) is 3.40. The van der Waals surface area contributed by atoms with Crippen LogP contribution in [-0.4, -0.2) is 16.1 Å². The van der Waals surface area contributed by atoms with Gasteiger partial charge in [-0.2, -0.15) is 0 Å². The summed E-state index contributed by atoms with van der Waals surface area (Å²) in [5.74, 6) is 0. The van der Waals surface area contributed by atoms with Crippen molar-refractivity contribution in [3.63, 3.8) is 0 Å². The van der Waals surface area contributed by atoms with E-state index in [0.29, 0.717) is 0 Å². The van der Waals surface area contributed by atoms with E-state index in [4.69, 9.17) is 0 Å². The Kier molecular flexibility index (Phi) is 10.8. The van der Waals surface area contributed by atoms with Gasteiger partial charge in [0.2, 0.25) is 0 Å². The molecule has 1 aliphatic rings. The number of para-hydroxylation sites is 2. The highest BCUT2D eigenvalue weighted by Crippen LogP contribution is 2.58. The van der Waals surface area contributed by atoms with Gasteiger partial charge in [0.1, 0.15) is 0 Å². The van der Waals surface area contributed by atoms with Crippen LogP contribution < -0.4 is 20.2 Å². The Morgan fingerprint density at radius 1 is 0.296 bits per heavy atom. The van der Waals surface area contributed by atoms with Crippen LogP contribution in [0.5, 0.6) is 0 Å². The Morgan fingerprint density at radius 3 is 1.28 bits per heavy atom. The molecule has 0 spiro atoms. The van der Waals surface area contributed by atoms with Crippen molar-refractivity contribution in [1.82, 2.24) is 0 Å². The fourth-order valence-corrected chi connectivity index (χ4v) is 13.9. The van der Waals surface area contributed by atoms with Crippen molar-refractivity contribution in [3.05, 3.63) is 265 Å². The monoisotopic (exact) mass is 946 g/mol. The maximum Gasteiger partial charge on any atom is 0.0775 e. The molecule has 11 aromatic carbocycles. The van der Waals surface area contributed by atoms with Crippen molar-refractivity contribution < 1.29 is 0 Å². The molecule has 0 unspecified atom stereocenters. The minimum Gasteiger partial charge on any atom is -0.310 e. The lowest BCUT2D eigenvalue weighted by Crippen LogP contribution is -2.37. The third-order valence-electron chi connectivity index (χ3n) is 15.0. The second-order valence-corrected chi connectivity index (χ2v) is 31.5. The molecule has 1 aliphatic carbocycles. The standard InChI is InChI=1S/C67H58N2Si2/c1-70(2,3)54-39-34-51(35-40-54)68(49-26-15-9-16-27-49)53-38-43-57-62-45-60-56-30-19-20-31-58(56)65(69(50-28-17-10-18-29-50)52-36-41-55(42-37-52)71(4,5)6)46-61(60)59-32-21-33-63(66(59)62)67(64(57)44-53,47-22-11-7-12-23-47)48-24-13-8-14-25-48/h7-46H,1-6H3. The van der Waals surface area contributed by atoms with Gasteiger partial charge in [0.05, 0.1) is 27.3 Å². The Bertz CT molecular complexity index is 3710. The van der Waals surface area contributed by atoms with E-state index in [2.05, 4.69) is 292 Å². The lowest BCUT2D eigenvalue weighted by molar-refractivity contribution is 0.750.